The highest BCUT2D eigenvalue weighted by atomic mass is 16.2. The van der Waals surface area contributed by atoms with Crippen molar-refractivity contribution in [2.75, 3.05) is 19.6 Å². The van der Waals surface area contributed by atoms with Crippen LogP contribution in [-0.4, -0.2) is 36.5 Å². The number of benzene rings is 2. The largest absolute Gasteiger partial charge is 0.353 e. The molecule has 0 spiro atoms. The molecule has 25 heavy (non-hydrogen) atoms. The fourth-order valence-electron chi connectivity index (χ4n) is 3.46. The van der Waals surface area contributed by atoms with E-state index in [1.165, 1.54) is 5.56 Å². The number of amides is 1. The molecule has 1 atom stereocenters. The SMILES string of the molecule is NCC(C(=O)NC1CCN(Cc2ccccc2)CC1)c1ccccc1. The number of likely N-dealkylation sites (tertiary alicyclic amines) is 1. The molecule has 2 aromatic rings. The molecular formula is C21H27N3O. The second-order valence-corrected chi connectivity index (χ2v) is 6.74. The van der Waals surface area contributed by atoms with Gasteiger partial charge in [-0.05, 0) is 24.0 Å². The van der Waals surface area contributed by atoms with Gasteiger partial charge in [0.15, 0.2) is 0 Å². The van der Waals surface area contributed by atoms with Crippen molar-refractivity contribution < 1.29 is 4.79 Å². The first-order valence-electron chi connectivity index (χ1n) is 9.08. The van der Waals surface area contributed by atoms with Crippen molar-refractivity contribution >= 4 is 5.91 Å². The molecule has 1 aliphatic rings. The number of hydrogen-bond donors (Lipinski definition) is 2. The van der Waals surface area contributed by atoms with Crippen molar-refractivity contribution in [3.05, 3.63) is 71.8 Å². The van der Waals surface area contributed by atoms with Gasteiger partial charge in [-0.15, -0.1) is 0 Å². The molecule has 1 saturated heterocycles. The van der Waals surface area contributed by atoms with Crippen LogP contribution in [0.2, 0.25) is 0 Å². The molecule has 3 N–H and O–H groups in total. The van der Waals surface area contributed by atoms with Gasteiger partial charge >= 0.3 is 0 Å². The zero-order valence-electron chi connectivity index (χ0n) is 14.6. The molecule has 1 unspecified atom stereocenters. The van der Waals surface area contributed by atoms with Crippen molar-refractivity contribution in [2.45, 2.75) is 31.3 Å². The Balaban J connectivity index is 1.49. The minimum Gasteiger partial charge on any atom is -0.353 e. The smallest absolute Gasteiger partial charge is 0.229 e. The molecule has 1 fully saturated rings. The zero-order valence-corrected chi connectivity index (χ0v) is 14.6. The third kappa shape index (κ3) is 4.91. The molecule has 1 aliphatic heterocycles. The van der Waals surface area contributed by atoms with E-state index in [9.17, 15) is 4.79 Å². The summed E-state index contributed by atoms with van der Waals surface area (Å²) in [4.78, 5) is 15.1. The fraction of sp³-hybridized carbons (Fsp3) is 0.381. The molecule has 4 nitrogen and oxygen atoms in total. The Labute approximate surface area is 150 Å². The zero-order chi connectivity index (χ0) is 17.5. The minimum absolute atomic E-state index is 0.0511. The van der Waals surface area contributed by atoms with E-state index in [0.717, 1.165) is 38.0 Å². The number of nitrogens with two attached hydrogens (primary N) is 1. The summed E-state index contributed by atoms with van der Waals surface area (Å²) >= 11 is 0. The van der Waals surface area contributed by atoms with Crippen LogP contribution in [0.5, 0.6) is 0 Å². The molecule has 4 heteroatoms. The number of rotatable bonds is 6. The summed E-state index contributed by atoms with van der Waals surface area (Å²) in [6, 6.07) is 20.6. The van der Waals surface area contributed by atoms with E-state index in [-0.39, 0.29) is 17.9 Å². The Morgan fingerprint density at radius 1 is 1.04 bits per heavy atom. The molecular weight excluding hydrogens is 310 g/mol. The van der Waals surface area contributed by atoms with Gasteiger partial charge in [-0.2, -0.15) is 0 Å². The summed E-state index contributed by atoms with van der Waals surface area (Å²) in [5.41, 5.74) is 8.18. The summed E-state index contributed by atoms with van der Waals surface area (Å²) in [5.74, 6) is -0.209. The van der Waals surface area contributed by atoms with Crippen molar-refractivity contribution in [3.63, 3.8) is 0 Å². The second kappa shape index (κ2) is 8.79. The summed E-state index contributed by atoms with van der Waals surface area (Å²) in [6.07, 6.45) is 1.98. The van der Waals surface area contributed by atoms with Gasteiger partial charge in [0.2, 0.25) is 5.91 Å². The second-order valence-electron chi connectivity index (χ2n) is 6.74. The van der Waals surface area contributed by atoms with E-state index < -0.39 is 0 Å². The number of nitrogens with zero attached hydrogens (tertiary/aromatic N) is 1. The van der Waals surface area contributed by atoms with Gasteiger partial charge in [0.05, 0.1) is 5.92 Å². The molecule has 0 radical (unpaired) electrons. The molecule has 132 valence electrons. The molecule has 0 saturated carbocycles. The van der Waals surface area contributed by atoms with E-state index in [0.29, 0.717) is 6.54 Å². The summed E-state index contributed by atoms with van der Waals surface area (Å²) in [6.45, 7) is 3.34. The number of carbonyl (C=O) groups is 1. The summed E-state index contributed by atoms with van der Waals surface area (Å²) in [5, 5.41) is 3.21. The lowest BCUT2D eigenvalue weighted by Gasteiger charge is -2.33. The Bertz CT molecular complexity index is 651. The Hall–Kier alpha value is -2.17. The van der Waals surface area contributed by atoms with E-state index in [2.05, 4.69) is 34.5 Å². The molecule has 0 aliphatic carbocycles. The molecule has 0 aromatic heterocycles. The van der Waals surface area contributed by atoms with E-state index in [4.69, 9.17) is 5.73 Å². The maximum Gasteiger partial charge on any atom is 0.229 e. The van der Waals surface area contributed by atoms with Crippen LogP contribution in [-0.2, 0) is 11.3 Å². The highest BCUT2D eigenvalue weighted by Crippen LogP contribution is 2.17. The molecule has 1 heterocycles. The lowest BCUT2D eigenvalue weighted by atomic mass is 9.96. The van der Waals surface area contributed by atoms with Crippen LogP contribution < -0.4 is 11.1 Å². The first kappa shape index (κ1) is 17.6. The van der Waals surface area contributed by atoms with Gasteiger partial charge in [-0.1, -0.05) is 60.7 Å². The van der Waals surface area contributed by atoms with Crippen LogP contribution in [0.3, 0.4) is 0 Å². The van der Waals surface area contributed by atoms with Gasteiger partial charge in [0.25, 0.3) is 0 Å². The summed E-state index contributed by atoms with van der Waals surface area (Å²) in [7, 11) is 0. The number of carbonyl (C=O) groups excluding carboxylic acids is 1. The Morgan fingerprint density at radius 3 is 2.24 bits per heavy atom. The van der Waals surface area contributed by atoms with Crippen molar-refractivity contribution in [2.24, 2.45) is 5.73 Å². The topological polar surface area (TPSA) is 58.4 Å². The van der Waals surface area contributed by atoms with Crippen LogP contribution in [0.4, 0.5) is 0 Å². The molecule has 0 bridgehead atoms. The normalized spacial score (nSPS) is 17.2. The highest BCUT2D eigenvalue weighted by Gasteiger charge is 2.24. The maximum absolute atomic E-state index is 12.6. The van der Waals surface area contributed by atoms with Crippen molar-refractivity contribution in [1.29, 1.82) is 0 Å². The lowest BCUT2D eigenvalue weighted by molar-refractivity contribution is -0.123. The highest BCUT2D eigenvalue weighted by molar-refractivity contribution is 5.84. The quantitative estimate of drug-likeness (QED) is 0.851. The molecule has 3 rings (SSSR count). The predicted molar refractivity (Wildman–Crippen MR) is 101 cm³/mol. The third-order valence-electron chi connectivity index (χ3n) is 4.94. The first-order chi connectivity index (χ1) is 12.3. The lowest BCUT2D eigenvalue weighted by Crippen LogP contribution is -2.46. The van der Waals surface area contributed by atoms with Gasteiger partial charge in [0, 0.05) is 32.2 Å². The van der Waals surface area contributed by atoms with Gasteiger partial charge in [0.1, 0.15) is 0 Å². The summed E-state index contributed by atoms with van der Waals surface area (Å²) < 4.78 is 0. The van der Waals surface area contributed by atoms with E-state index in [1.807, 2.05) is 36.4 Å². The maximum atomic E-state index is 12.6. The fourth-order valence-corrected chi connectivity index (χ4v) is 3.46. The average molecular weight is 337 g/mol. The van der Waals surface area contributed by atoms with E-state index >= 15 is 0 Å². The van der Waals surface area contributed by atoms with Crippen molar-refractivity contribution in [1.82, 2.24) is 10.2 Å². The van der Waals surface area contributed by atoms with Gasteiger partial charge in [-0.25, -0.2) is 0 Å². The monoisotopic (exact) mass is 337 g/mol. The number of hydrogen-bond acceptors (Lipinski definition) is 3. The van der Waals surface area contributed by atoms with Crippen LogP contribution in [0.1, 0.15) is 29.9 Å². The van der Waals surface area contributed by atoms with Crippen LogP contribution >= 0.6 is 0 Å². The van der Waals surface area contributed by atoms with Gasteiger partial charge < -0.3 is 11.1 Å². The first-order valence-corrected chi connectivity index (χ1v) is 9.08. The molecule has 1 amide bonds. The van der Waals surface area contributed by atoms with Crippen LogP contribution in [0.25, 0.3) is 0 Å². The number of nitrogens with one attached hydrogen (secondary N) is 1. The molecule has 2 aromatic carbocycles. The third-order valence-corrected chi connectivity index (χ3v) is 4.94. The minimum atomic E-state index is -0.261. The number of piperidine rings is 1. The Morgan fingerprint density at radius 2 is 1.64 bits per heavy atom. The van der Waals surface area contributed by atoms with E-state index in [1.54, 1.807) is 0 Å². The van der Waals surface area contributed by atoms with Crippen molar-refractivity contribution in [3.8, 4) is 0 Å². The Kier molecular flexibility index (Phi) is 6.20. The predicted octanol–water partition coefficient (Wildman–Crippen LogP) is 2.51. The standard InChI is InChI=1S/C21H27N3O/c22-15-20(18-9-5-2-6-10-18)21(25)23-19-11-13-24(14-12-19)16-17-7-3-1-4-8-17/h1-10,19-20H,11-16,22H2,(H,23,25). The van der Waals surface area contributed by atoms with Crippen LogP contribution in [0.15, 0.2) is 60.7 Å². The average Bonchev–Trinajstić information content (AvgIpc) is 2.66. The van der Waals surface area contributed by atoms with Gasteiger partial charge in [-0.3, -0.25) is 9.69 Å². The van der Waals surface area contributed by atoms with Crippen LogP contribution in [0, 0.1) is 0 Å².